The van der Waals surface area contributed by atoms with Crippen molar-refractivity contribution in [3.63, 3.8) is 0 Å². The van der Waals surface area contributed by atoms with Crippen molar-refractivity contribution < 1.29 is 13.2 Å². The third-order valence-electron chi connectivity index (χ3n) is 6.92. The number of thioether (sulfide) groups is 1. The summed E-state index contributed by atoms with van der Waals surface area (Å²) in [5, 5.41) is 9.79. The highest BCUT2D eigenvalue weighted by atomic mass is 32.2. The molecule has 0 spiro atoms. The van der Waals surface area contributed by atoms with Crippen molar-refractivity contribution in [2.24, 2.45) is 5.92 Å². The third-order valence-corrected chi connectivity index (χ3v) is 10.0. The van der Waals surface area contributed by atoms with Crippen molar-refractivity contribution in [2.45, 2.75) is 59.0 Å². The normalized spacial score (nSPS) is 25.5. The van der Waals surface area contributed by atoms with Crippen LogP contribution in [0.2, 0.25) is 0 Å². The summed E-state index contributed by atoms with van der Waals surface area (Å²) in [5.74, 6) is 0.861. The van der Waals surface area contributed by atoms with Crippen molar-refractivity contribution >= 4 is 55.9 Å². The first-order valence-electron chi connectivity index (χ1n) is 12.0. The molecular weight excluding hydrogens is 504 g/mol. The zero-order valence-corrected chi connectivity index (χ0v) is 22.7. The van der Waals surface area contributed by atoms with E-state index in [2.05, 4.69) is 17.9 Å². The lowest BCUT2D eigenvalue weighted by molar-refractivity contribution is -0.123. The Morgan fingerprint density at radius 3 is 2.63 bits per heavy atom. The van der Waals surface area contributed by atoms with E-state index in [0.717, 1.165) is 49.9 Å². The van der Waals surface area contributed by atoms with Gasteiger partial charge in [0, 0.05) is 25.2 Å². The van der Waals surface area contributed by atoms with E-state index < -0.39 is 15.9 Å². The number of amides is 1. The van der Waals surface area contributed by atoms with E-state index in [0.29, 0.717) is 39.2 Å². The zero-order chi connectivity index (χ0) is 25.5. The lowest BCUT2D eigenvalue weighted by atomic mass is 9.98. The van der Waals surface area contributed by atoms with E-state index in [9.17, 15) is 23.3 Å². The second kappa shape index (κ2) is 10.1. The average Bonchev–Trinajstić information content (AvgIpc) is 3.29. The Morgan fingerprint density at radius 2 is 2.03 bits per heavy atom. The molecule has 2 atom stereocenters. The van der Waals surface area contributed by atoms with Crippen LogP contribution in [0.25, 0.3) is 6.08 Å². The number of carbonyl (C=O) groups is 1. The Kier molecular flexibility index (Phi) is 7.46. The number of anilines is 1. The summed E-state index contributed by atoms with van der Waals surface area (Å²) in [6.45, 7) is 7.97. The van der Waals surface area contributed by atoms with Crippen molar-refractivity contribution in [1.29, 1.82) is 5.26 Å². The summed E-state index contributed by atoms with van der Waals surface area (Å²) in [7, 11) is -3.18. The Balaban J connectivity index is 1.85. The Morgan fingerprint density at radius 1 is 1.29 bits per heavy atom. The molecule has 3 aliphatic heterocycles. The van der Waals surface area contributed by atoms with Crippen molar-refractivity contribution in [3.05, 3.63) is 31.9 Å². The molecule has 0 N–H and O–H groups in total. The molecule has 188 valence electrons. The van der Waals surface area contributed by atoms with Gasteiger partial charge in [-0.15, -0.1) is 0 Å². The van der Waals surface area contributed by atoms with Crippen LogP contribution in [0.5, 0.6) is 0 Å². The molecule has 4 heterocycles. The molecule has 0 radical (unpaired) electrons. The molecule has 3 fully saturated rings. The molecule has 0 saturated carbocycles. The Bertz CT molecular complexity index is 1310. The second-order valence-corrected chi connectivity index (χ2v) is 13.5. The van der Waals surface area contributed by atoms with E-state index in [1.807, 2.05) is 6.92 Å². The van der Waals surface area contributed by atoms with E-state index in [1.54, 1.807) is 17.6 Å². The maximum atomic E-state index is 13.4. The highest BCUT2D eigenvalue weighted by molar-refractivity contribution is 8.26. The molecule has 1 amide bonds. The van der Waals surface area contributed by atoms with Crippen LogP contribution in [0, 0.1) is 24.2 Å². The number of nitriles is 1. The fourth-order valence-electron chi connectivity index (χ4n) is 5.20. The molecule has 35 heavy (non-hydrogen) atoms. The van der Waals surface area contributed by atoms with Gasteiger partial charge in [-0.25, -0.2) is 8.42 Å². The van der Waals surface area contributed by atoms with Crippen molar-refractivity contribution in [1.82, 2.24) is 9.47 Å². The van der Waals surface area contributed by atoms with Crippen LogP contribution < -0.4 is 10.5 Å². The summed E-state index contributed by atoms with van der Waals surface area (Å²) in [6, 6.07) is 1.62. The topological polar surface area (TPSA) is 103 Å². The average molecular weight is 535 g/mol. The third kappa shape index (κ3) is 4.93. The molecule has 1 aromatic heterocycles. The molecule has 3 saturated heterocycles. The maximum Gasteiger partial charge on any atom is 0.270 e. The smallest absolute Gasteiger partial charge is 0.270 e. The summed E-state index contributed by atoms with van der Waals surface area (Å²) in [6.07, 6.45) is 4.96. The van der Waals surface area contributed by atoms with Crippen LogP contribution in [-0.4, -0.2) is 58.7 Å². The van der Waals surface area contributed by atoms with Gasteiger partial charge in [0.15, 0.2) is 9.84 Å². The van der Waals surface area contributed by atoms with Gasteiger partial charge < -0.3 is 4.90 Å². The number of pyridine rings is 1. The predicted octanol–water partition coefficient (Wildman–Crippen LogP) is 3.06. The first kappa shape index (κ1) is 25.9. The van der Waals surface area contributed by atoms with Crippen LogP contribution in [0.3, 0.4) is 0 Å². The number of aromatic nitrogens is 1. The Hall–Kier alpha value is -2.16. The molecule has 3 aliphatic rings. The van der Waals surface area contributed by atoms with E-state index in [1.165, 1.54) is 4.90 Å². The van der Waals surface area contributed by atoms with Gasteiger partial charge in [0.1, 0.15) is 21.8 Å². The van der Waals surface area contributed by atoms with E-state index in [-0.39, 0.29) is 28.5 Å². The van der Waals surface area contributed by atoms with Crippen molar-refractivity contribution in [3.8, 4) is 6.07 Å². The minimum Gasteiger partial charge on any atom is -0.357 e. The number of nitrogens with zero attached hydrogens (tertiary/aromatic N) is 4. The number of hydrogen-bond acceptors (Lipinski definition) is 8. The number of hydrogen-bond donors (Lipinski definition) is 0. The molecule has 4 rings (SSSR count). The van der Waals surface area contributed by atoms with E-state index in [4.69, 9.17) is 12.2 Å². The summed E-state index contributed by atoms with van der Waals surface area (Å²) in [5.41, 5.74) is 1.01. The van der Waals surface area contributed by atoms with Crippen LogP contribution in [0.1, 0.15) is 56.2 Å². The number of rotatable bonds is 5. The molecule has 0 aromatic carbocycles. The summed E-state index contributed by atoms with van der Waals surface area (Å²) in [4.78, 5) is 30.7. The van der Waals surface area contributed by atoms with Gasteiger partial charge >= 0.3 is 0 Å². The minimum atomic E-state index is -3.18. The molecule has 1 aromatic rings. The predicted molar refractivity (Wildman–Crippen MR) is 143 cm³/mol. The standard InChI is InChI=1S/C24H30N4O4S3/c1-4-8-27-21(26-9-5-6-15(2)13-26)18(16(3)19(12-25)22(27)29)11-20-23(30)28(24(33)34-20)17-7-10-35(31,32)14-17/h11,15,17H,4-10,13-14H2,1-3H3. The Labute approximate surface area is 215 Å². The highest BCUT2D eigenvalue weighted by Crippen LogP contribution is 2.39. The second-order valence-electron chi connectivity index (χ2n) is 9.61. The van der Waals surface area contributed by atoms with Gasteiger partial charge in [-0.05, 0) is 50.2 Å². The summed E-state index contributed by atoms with van der Waals surface area (Å²) < 4.78 is 26.0. The number of carbonyl (C=O) groups excluding carboxylic acids is 1. The van der Waals surface area contributed by atoms with Gasteiger partial charge in [0.2, 0.25) is 0 Å². The van der Waals surface area contributed by atoms with Gasteiger partial charge in [-0.2, -0.15) is 5.26 Å². The van der Waals surface area contributed by atoms with E-state index >= 15 is 0 Å². The van der Waals surface area contributed by atoms with Crippen LogP contribution in [0.4, 0.5) is 5.82 Å². The SMILES string of the molecule is CCCn1c(N2CCCC(C)C2)c(C=C2SC(=S)N(C3CCS(=O)(=O)C3)C2=O)c(C)c(C#N)c1=O. The first-order valence-corrected chi connectivity index (χ1v) is 15.0. The molecule has 0 aliphatic carbocycles. The zero-order valence-electron chi connectivity index (χ0n) is 20.2. The fraction of sp³-hybridized carbons (Fsp3) is 0.583. The van der Waals surface area contributed by atoms with Crippen LogP contribution in [0.15, 0.2) is 9.70 Å². The minimum absolute atomic E-state index is 0.0533. The molecule has 2 unspecified atom stereocenters. The molecule has 8 nitrogen and oxygen atoms in total. The number of thiocarbonyl (C=S) groups is 1. The summed E-state index contributed by atoms with van der Waals surface area (Å²) >= 11 is 6.63. The lowest BCUT2D eigenvalue weighted by Crippen LogP contribution is -2.40. The van der Waals surface area contributed by atoms with Gasteiger partial charge in [-0.3, -0.25) is 19.1 Å². The lowest BCUT2D eigenvalue weighted by Gasteiger charge is -2.36. The molecular formula is C24H30N4O4S3. The first-order chi connectivity index (χ1) is 16.6. The van der Waals surface area contributed by atoms with Crippen LogP contribution >= 0.6 is 24.0 Å². The molecule has 0 bridgehead atoms. The van der Waals surface area contributed by atoms with Gasteiger partial charge in [0.05, 0.1) is 22.5 Å². The van der Waals surface area contributed by atoms with Gasteiger partial charge in [0.25, 0.3) is 11.5 Å². The molecule has 11 heteroatoms. The highest BCUT2D eigenvalue weighted by Gasteiger charge is 2.42. The fourth-order valence-corrected chi connectivity index (χ4v) is 8.28. The monoisotopic (exact) mass is 534 g/mol. The maximum absolute atomic E-state index is 13.4. The van der Waals surface area contributed by atoms with Crippen molar-refractivity contribution in [2.75, 3.05) is 29.5 Å². The number of piperidine rings is 1. The van der Waals surface area contributed by atoms with Gasteiger partial charge in [-0.1, -0.05) is 37.8 Å². The largest absolute Gasteiger partial charge is 0.357 e. The van der Waals surface area contributed by atoms with Crippen LogP contribution in [-0.2, 0) is 21.2 Å². The quantitative estimate of drug-likeness (QED) is 0.419. The number of sulfone groups is 1.